The molecule has 6 unspecified atom stereocenters. The normalized spacial score (nSPS) is 21.1. The average Bonchev–Trinajstić information content (AvgIpc) is 3.22. The first kappa shape index (κ1) is 52.6. The summed E-state index contributed by atoms with van der Waals surface area (Å²) in [4.78, 5) is 25.3. The largest absolute Gasteiger partial charge is 0.462 e. The minimum atomic E-state index is -1.62. The molecule has 10 nitrogen and oxygen atoms in total. The average molecular weight is 813 g/mol. The molecule has 0 aliphatic carbocycles. The molecule has 0 radical (unpaired) electrons. The zero-order valence-electron chi connectivity index (χ0n) is 35.5. The number of ether oxygens (including phenoxy) is 4. The van der Waals surface area contributed by atoms with Crippen LogP contribution in [0.2, 0.25) is 0 Å². The van der Waals surface area contributed by atoms with Gasteiger partial charge >= 0.3 is 11.9 Å². The van der Waals surface area contributed by atoms with E-state index < -0.39 is 55.4 Å². The van der Waals surface area contributed by atoms with Crippen LogP contribution in [0, 0.1) is 0 Å². The Balaban J connectivity index is 2.43. The Hall–Kier alpha value is -3.38. The van der Waals surface area contributed by atoms with Crippen molar-refractivity contribution in [2.75, 3.05) is 19.8 Å². The van der Waals surface area contributed by atoms with Crippen LogP contribution in [0.4, 0.5) is 0 Å². The summed E-state index contributed by atoms with van der Waals surface area (Å²) >= 11 is 0. The lowest BCUT2D eigenvalue weighted by atomic mass is 9.99. The van der Waals surface area contributed by atoms with E-state index in [2.05, 4.69) is 98.9 Å². The van der Waals surface area contributed by atoms with Crippen LogP contribution in [0.15, 0.2) is 97.2 Å². The number of aliphatic hydroxyl groups excluding tert-OH is 4. The van der Waals surface area contributed by atoms with Crippen molar-refractivity contribution in [2.24, 2.45) is 0 Å². The van der Waals surface area contributed by atoms with E-state index in [1.165, 1.54) is 12.8 Å². The molecule has 0 saturated carbocycles. The molecular weight excluding hydrogens is 737 g/mol. The number of hydrogen-bond acceptors (Lipinski definition) is 10. The quantitative estimate of drug-likeness (QED) is 0.0281. The summed E-state index contributed by atoms with van der Waals surface area (Å²) in [7, 11) is 0. The molecule has 0 aromatic heterocycles. The molecular formula is C48H76O10. The third-order valence-electron chi connectivity index (χ3n) is 9.22. The summed E-state index contributed by atoms with van der Waals surface area (Å²) < 4.78 is 22.0. The molecule has 1 fully saturated rings. The number of carbonyl (C=O) groups excluding carboxylic acids is 2. The molecule has 1 aliphatic rings. The van der Waals surface area contributed by atoms with E-state index in [9.17, 15) is 30.0 Å². The van der Waals surface area contributed by atoms with E-state index in [1.807, 2.05) is 12.2 Å². The van der Waals surface area contributed by atoms with E-state index in [1.54, 1.807) is 0 Å². The Morgan fingerprint density at radius 1 is 0.552 bits per heavy atom. The van der Waals surface area contributed by atoms with Crippen LogP contribution in [0.5, 0.6) is 0 Å². The van der Waals surface area contributed by atoms with Crippen molar-refractivity contribution in [3.63, 3.8) is 0 Å². The molecule has 10 heteroatoms. The fourth-order valence-electron chi connectivity index (χ4n) is 5.76. The number of carbonyl (C=O) groups is 2. The number of hydrogen-bond donors (Lipinski definition) is 4. The van der Waals surface area contributed by atoms with Gasteiger partial charge in [-0.05, 0) is 77.0 Å². The number of esters is 2. The molecule has 0 amide bonds. The summed E-state index contributed by atoms with van der Waals surface area (Å²) in [5, 5.41) is 40.0. The van der Waals surface area contributed by atoms with Crippen molar-refractivity contribution in [3.05, 3.63) is 97.2 Å². The van der Waals surface area contributed by atoms with Crippen LogP contribution >= 0.6 is 0 Å². The van der Waals surface area contributed by atoms with Crippen molar-refractivity contribution in [2.45, 2.75) is 173 Å². The van der Waals surface area contributed by atoms with Gasteiger partial charge in [-0.1, -0.05) is 143 Å². The van der Waals surface area contributed by atoms with Gasteiger partial charge in [-0.2, -0.15) is 0 Å². The van der Waals surface area contributed by atoms with Crippen LogP contribution in [-0.2, 0) is 28.5 Å². The predicted octanol–water partition coefficient (Wildman–Crippen LogP) is 9.16. The van der Waals surface area contributed by atoms with E-state index in [-0.39, 0.29) is 26.1 Å². The third kappa shape index (κ3) is 28.9. The van der Waals surface area contributed by atoms with E-state index in [0.29, 0.717) is 12.8 Å². The zero-order chi connectivity index (χ0) is 42.3. The Morgan fingerprint density at radius 2 is 1.05 bits per heavy atom. The van der Waals surface area contributed by atoms with Crippen LogP contribution in [0.1, 0.15) is 136 Å². The second-order valence-electron chi connectivity index (χ2n) is 14.4. The van der Waals surface area contributed by atoms with E-state index in [4.69, 9.17) is 18.9 Å². The van der Waals surface area contributed by atoms with E-state index in [0.717, 1.165) is 83.5 Å². The molecule has 0 spiro atoms. The molecule has 1 aliphatic heterocycles. The van der Waals surface area contributed by atoms with Gasteiger partial charge in [0.1, 0.15) is 31.0 Å². The highest BCUT2D eigenvalue weighted by atomic mass is 16.7. The van der Waals surface area contributed by atoms with Gasteiger partial charge in [0, 0.05) is 12.8 Å². The summed E-state index contributed by atoms with van der Waals surface area (Å²) in [6.45, 7) is 3.15. The minimum absolute atomic E-state index is 0.0958. The number of allylic oxidation sites excluding steroid dienone is 16. The van der Waals surface area contributed by atoms with Gasteiger partial charge in [0.2, 0.25) is 0 Å². The highest BCUT2D eigenvalue weighted by molar-refractivity contribution is 5.70. The molecule has 4 N–H and O–H groups in total. The molecule has 1 rings (SSSR count). The fourth-order valence-corrected chi connectivity index (χ4v) is 5.76. The number of rotatable bonds is 34. The Kier molecular flexibility index (Phi) is 34.4. The first-order valence-corrected chi connectivity index (χ1v) is 21.8. The van der Waals surface area contributed by atoms with Gasteiger partial charge in [0.05, 0.1) is 13.2 Å². The molecule has 0 aromatic rings. The van der Waals surface area contributed by atoms with E-state index >= 15 is 0 Å². The lowest BCUT2D eigenvalue weighted by Gasteiger charge is -2.39. The van der Waals surface area contributed by atoms with Gasteiger partial charge in [0.15, 0.2) is 12.4 Å². The standard InChI is InChI=1S/C48H76O10/c1-3-5-7-9-11-13-15-17-19-20-21-22-23-25-27-29-31-33-35-37-44(51)57-41(40-56-48-47(54)46(53)45(52)42(38-49)58-48)39-55-43(50)36-34-32-30-28-26-24-18-16-14-12-10-8-6-4-2/h5,7,10-13,16-19,21-22,25,27,31,33,41-42,45-49,52-54H,3-4,6,8-9,14-15,20,23-24,26,28-30,32,34-40H2,1-2H3/b7-5-,12-10-,13-11-,18-16-,19-17-,22-21-,27-25-,33-31-. The van der Waals surface area contributed by atoms with Crippen LogP contribution in [0.25, 0.3) is 0 Å². The molecule has 1 saturated heterocycles. The van der Waals surface area contributed by atoms with Gasteiger partial charge in [-0.15, -0.1) is 0 Å². The van der Waals surface area contributed by atoms with Crippen LogP contribution in [0.3, 0.4) is 0 Å². The molecule has 58 heavy (non-hydrogen) atoms. The molecule has 1 heterocycles. The van der Waals surface area contributed by atoms with Gasteiger partial charge in [-0.25, -0.2) is 0 Å². The molecule has 6 atom stereocenters. The Bertz CT molecular complexity index is 1260. The number of unbranched alkanes of at least 4 members (excludes halogenated alkanes) is 7. The maximum atomic E-state index is 12.7. The fraction of sp³-hybridized carbons (Fsp3) is 0.625. The minimum Gasteiger partial charge on any atom is -0.462 e. The van der Waals surface area contributed by atoms with Crippen LogP contribution in [-0.4, -0.2) is 89.0 Å². The highest BCUT2D eigenvalue weighted by Crippen LogP contribution is 2.22. The summed E-state index contributed by atoms with van der Waals surface area (Å²) in [5.74, 6) is -0.932. The molecule has 0 bridgehead atoms. The highest BCUT2D eigenvalue weighted by Gasteiger charge is 2.44. The van der Waals surface area contributed by atoms with Gasteiger partial charge in [-0.3, -0.25) is 9.59 Å². The van der Waals surface area contributed by atoms with Crippen molar-refractivity contribution < 1.29 is 49.0 Å². The summed E-state index contributed by atoms with van der Waals surface area (Å²) in [6, 6.07) is 0. The molecule has 328 valence electrons. The van der Waals surface area contributed by atoms with Crippen molar-refractivity contribution >= 4 is 11.9 Å². The van der Waals surface area contributed by atoms with Crippen molar-refractivity contribution in [3.8, 4) is 0 Å². The SMILES string of the molecule is CC/C=C\C/C=C\C/C=C\C/C=C\C/C=C\C/C=C\CCC(=O)OC(COC(=O)CCCCCCC/C=C\C/C=C\CCCC)COC1OC(CO)C(O)C(O)C1O. The predicted molar refractivity (Wildman–Crippen MR) is 233 cm³/mol. The topological polar surface area (TPSA) is 152 Å². The lowest BCUT2D eigenvalue weighted by molar-refractivity contribution is -0.305. The van der Waals surface area contributed by atoms with Crippen molar-refractivity contribution in [1.82, 2.24) is 0 Å². The van der Waals surface area contributed by atoms with Gasteiger partial charge < -0.3 is 39.4 Å². The monoisotopic (exact) mass is 813 g/mol. The Labute approximate surface area is 349 Å². The first-order valence-electron chi connectivity index (χ1n) is 21.8. The maximum Gasteiger partial charge on any atom is 0.306 e. The molecule has 0 aromatic carbocycles. The smallest absolute Gasteiger partial charge is 0.306 e. The first-order chi connectivity index (χ1) is 28.3. The second-order valence-corrected chi connectivity index (χ2v) is 14.4. The lowest BCUT2D eigenvalue weighted by Crippen LogP contribution is -2.59. The zero-order valence-corrected chi connectivity index (χ0v) is 35.5. The maximum absolute atomic E-state index is 12.7. The number of aliphatic hydroxyl groups is 4. The van der Waals surface area contributed by atoms with Crippen LogP contribution < -0.4 is 0 Å². The summed E-state index contributed by atoms with van der Waals surface area (Å²) in [6.07, 6.45) is 42.8. The summed E-state index contributed by atoms with van der Waals surface area (Å²) in [5.41, 5.74) is 0. The Morgan fingerprint density at radius 3 is 1.60 bits per heavy atom. The van der Waals surface area contributed by atoms with Crippen molar-refractivity contribution in [1.29, 1.82) is 0 Å². The van der Waals surface area contributed by atoms with Gasteiger partial charge in [0.25, 0.3) is 0 Å². The third-order valence-corrected chi connectivity index (χ3v) is 9.22. The second kappa shape index (κ2) is 37.9.